The molecule has 1 aliphatic rings. The fourth-order valence-electron chi connectivity index (χ4n) is 1.13. The minimum absolute atomic E-state index is 0.0887. The lowest BCUT2D eigenvalue weighted by Gasteiger charge is -2.38. The Balaban J connectivity index is 2.30. The molecule has 1 saturated heterocycles. The molecule has 1 atom stereocenters. The van der Waals surface area contributed by atoms with Crippen molar-refractivity contribution >= 4 is 15.4 Å². The number of carbonyl (C=O) groups is 1. The number of aliphatic hydroxyl groups excluding tert-OH is 1. The second-order valence-electron chi connectivity index (χ2n) is 2.42. The van der Waals surface area contributed by atoms with Crippen LogP contribution in [0.5, 0.6) is 0 Å². The van der Waals surface area contributed by atoms with Gasteiger partial charge < -0.3 is 10.0 Å². The molecule has 4 heteroatoms. The van der Waals surface area contributed by atoms with E-state index < -0.39 is 0 Å². The lowest BCUT2D eigenvalue weighted by molar-refractivity contribution is -0.150. The zero-order valence-electron chi connectivity index (χ0n) is 6.00. The summed E-state index contributed by atoms with van der Waals surface area (Å²) >= 11 is 0. The highest BCUT2D eigenvalue weighted by Crippen LogP contribution is 2.20. The Morgan fingerprint density at radius 1 is 1.90 bits per heavy atom. The average Bonchev–Trinajstić information content (AvgIpc) is 1.88. The molecule has 56 valence electrons. The molecule has 1 N–H and O–H groups in total. The smallest absolute Gasteiger partial charge is 0.226 e. The molecule has 0 aromatic heterocycles. The topological polar surface area (TPSA) is 40.5 Å². The highest BCUT2D eigenvalue weighted by atomic mass is 28.2. The van der Waals surface area contributed by atoms with Gasteiger partial charge in [-0.3, -0.25) is 4.79 Å². The first-order valence-electron chi connectivity index (χ1n) is 3.34. The molecule has 1 rings (SSSR count). The highest BCUT2D eigenvalue weighted by molar-refractivity contribution is 6.33. The van der Waals surface area contributed by atoms with Gasteiger partial charge in [-0.2, -0.15) is 0 Å². The van der Waals surface area contributed by atoms with Gasteiger partial charge in [-0.25, -0.2) is 0 Å². The number of nitrogens with zero attached hydrogens (tertiary/aromatic N) is 1. The van der Waals surface area contributed by atoms with Crippen LogP contribution in [0, 0.1) is 0 Å². The van der Waals surface area contributed by atoms with Gasteiger partial charge in [0.2, 0.25) is 5.91 Å². The molecule has 1 amide bonds. The Bertz CT molecular complexity index is 140. The summed E-state index contributed by atoms with van der Waals surface area (Å²) in [5.41, 5.74) is 0. The van der Waals surface area contributed by atoms with Gasteiger partial charge in [0.15, 0.2) is 0 Å². The van der Waals surface area contributed by atoms with Crippen molar-refractivity contribution in [1.82, 2.24) is 4.90 Å². The predicted molar refractivity (Wildman–Crippen MR) is 38.8 cm³/mol. The third-order valence-corrected chi connectivity index (χ3v) is 2.64. The molecule has 10 heavy (non-hydrogen) atoms. The molecule has 0 bridgehead atoms. The standard InChI is InChI=1S/C6H11NO2Si/c1-10-3-5-2-6(9)7(5)4-8/h5,8H,2-4H2,1H3. The Labute approximate surface area is 62.8 Å². The molecule has 2 radical (unpaired) electrons. The van der Waals surface area contributed by atoms with Gasteiger partial charge in [0, 0.05) is 22.0 Å². The van der Waals surface area contributed by atoms with E-state index >= 15 is 0 Å². The molecule has 3 nitrogen and oxygen atoms in total. The molecular weight excluding hydrogens is 146 g/mol. The van der Waals surface area contributed by atoms with Crippen molar-refractivity contribution in [3.05, 3.63) is 0 Å². The monoisotopic (exact) mass is 157 g/mol. The molecule has 1 heterocycles. The maximum atomic E-state index is 10.7. The van der Waals surface area contributed by atoms with Crippen molar-refractivity contribution < 1.29 is 9.90 Å². The molecule has 0 aromatic rings. The number of hydrogen-bond acceptors (Lipinski definition) is 2. The zero-order chi connectivity index (χ0) is 7.56. The van der Waals surface area contributed by atoms with E-state index in [2.05, 4.69) is 6.55 Å². The van der Waals surface area contributed by atoms with Crippen LogP contribution in [0.4, 0.5) is 0 Å². The minimum atomic E-state index is -0.103. The second-order valence-corrected chi connectivity index (χ2v) is 3.54. The largest absolute Gasteiger partial charge is 0.376 e. The fourth-order valence-corrected chi connectivity index (χ4v) is 1.97. The number of carbonyl (C=O) groups excluding carboxylic acids is 1. The van der Waals surface area contributed by atoms with Crippen LogP contribution in [0.3, 0.4) is 0 Å². The number of hydrogen-bond donors (Lipinski definition) is 1. The van der Waals surface area contributed by atoms with Crippen LogP contribution in [-0.4, -0.2) is 38.2 Å². The van der Waals surface area contributed by atoms with E-state index in [9.17, 15) is 4.79 Å². The van der Waals surface area contributed by atoms with Crippen LogP contribution in [0.2, 0.25) is 12.6 Å². The van der Waals surface area contributed by atoms with Crippen LogP contribution < -0.4 is 0 Å². The summed E-state index contributed by atoms with van der Waals surface area (Å²) in [5, 5.41) is 8.66. The zero-order valence-corrected chi connectivity index (χ0v) is 7.00. The second kappa shape index (κ2) is 3.16. The number of aliphatic hydroxyl groups is 1. The number of amides is 1. The van der Waals surface area contributed by atoms with Gasteiger partial charge in [0.25, 0.3) is 0 Å². The molecule has 0 aromatic carbocycles. The summed E-state index contributed by atoms with van der Waals surface area (Å²) in [4.78, 5) is 12.2. The third kappa shape index (κ3) is 1.22. The Kier molecular flexibility index (Phi) is 2.45. The van der Waals surface area contributed by atoms with Crippen molar-refractivity contribution in [2.24, 2.45) is 0 Å². The van der Waals surface area contributed by atoms with Gasteiger partial charge in [0.1, 0.15) is 6.73 Å². The van der Waals surface area contributed by atoms with E-state index in [1.54, 1.807) is 0 Å². The SMILES string of the molecule is C[Si]CC1CC(=O)N1CO. The molecule has 1 unspecified atom stereocenters. The van der Waals surface area contributed by atoms with Crippen molar-refractivity contribution in [3.8, 4) is 0 Å². The summed E-state index contributed by atoms with van der Waals surface area (Å²) in [5.74, 6) is 0.0887. The summed E-state index contributed by atoms with van der Waals surface area (Å²) in [6.45, 7) is 2.01. The van der Waals surface area contributed by atoms with Crippen LogP contribution in [0.15, 0.2) is 0 Å². The number of likely N-dealkylation sites (tertiary alicyclic amines) is 1. The van der Waals surface area contributed by atoms with Gasteiger partial charge >= 0.3 is 0 Å². The molecule has 0 spiro atoms. The van der Waals surface area contributed by atoms with Crippen LogP contribution in [-0.2, 0) is 4.79 Å². The van der Waals surface area contributed by atoms with Crippen molar-refractivity contribution in [2.75, 3.05) is 6.73 Å². The first-order chi connectivity index (χ1) is 4.79. The molecule has 1 aliphatic heterocycles. The van der Waals surface area contributed by atoms with E-state index in [4.69, 9.17) is 5.11 Å². The van der Waals surface area contributed by atoms with E-state index in [0.717, 1.165) is 15.6 Å². The van der Waals surface area contributed by atoms with E-state index in [1.807, 2.05) is 0 Å². The quantitative estimate of drug-likeness (QED) is 0.451. The Hall–Kier alpha value is -0.353. The van der Waals surface area contributed by atoms with E-state index in [-0.39, 0.29) is 12.6 Å². The van der Waals surface area contributed by atoms with Crippen LogP contribution in [0.25, 0.3) is 0 Å². The molecular formula is C6H11NO2Si. The van der Waals surface area contributed by atoms with Gasteiger partial charge in [0.05, 0.1) is 0 Å². The van der Waals surface area contributed by atoms with Crippen LogP contribution in [0.1, 0.15) is 6.42 Å². The Morgan fingerprint density at radius 3 is 3.00 bits per heavy atom. The summed E-state index contributed by atoms with van der Waals surface area (Å²) in [6.07, 6.45) is 0.640. The van der Waals surface area contributed by atoms with Gasteiger partial charge in [-0.05, 0) is 6.04 Å². The normalized spacial score (nSPS) is 24.8. The van der Waals surface area contributed by atoms with Crippen LogP contribution >= 0.6 is 0 Å². The van der Waals surface area contributed by atoms with E-state index in [0.29, 0.717) is 12.5 Å². The lowest BCUT2D eigenvalue weighted by atomic mass is 10.1. The third-order valence-electron chi connectivity index (χ3n) is 1.76. The minimum Gasteiger partial charge on any atom is -0.376 e. The number of β-lactam (4-membered cyclic amide) rings is 1. The molecule has 0 aliphatic carbocycles. The first-order valence-corrected chi connectivity index (χ1v) is 5.05. The first kappa shape index (κ1) is 7.75. The molecule has 1 fully saturated rings. The fraction of sp³-hybridized carbons (Fsp3) is 0.833. The number of rotatable bonds is 3. The summed E-state index contributed by atoms with van der Waals surface area (Å²) in [7, 11) is 0.870. The van der Waals surface area contributed by atoms with Gasteiger partial charge in [-0.1, -0.05) is 6.55 Å². The van der Waals surface area contributed by atoms with E-state index in [1.165, 1.54) is 4.90 Å². The Morgan fingerprint density at radius 2 is 2.60 bits per heavy atom. The maximum Gasteiger partial charge on any atom is 0.226 e. The van der Waals surface area contributed by atoms with Crippen molar-refractivity contribution in [2.45, 2.75) is 25.1 Å². The van der Waals surface area contributed by atoms with Crippen molar-refractivity contribution in [3.63, 3.8) is 0 Å². The molecule has 0 saturated carbocycles. The predicted octanol–water partition coefficient (Wildman–Crippen LogP) is -0.292. The van der Waals surface area contributed by atoms with Crippen molar-refractivity contribution in [1.29, 1.82) is 0 Å². The highest BCUT2D eigenvalue weighted by Gasteiger charge is 2.33. The van der Waals surface area contributed by atoms with Gasteiger partial charge in [-0.15, -0.1) is 0 Å². The maximum absolute atomic E-state index is 10.7. The lowest BCUT2D eigenvalue weighted by Crippen LogP contribution is -2.52. The summed E-state index contributed by atoms with van der Waals surface area (Å²) < 4.78 is 0. The average molecular weight is 157 g/mol. The summed E-state index contributed by atoms with van der Waals surface area (Å²) in [6, 6.07) is 1.38.